The number of fused-ring (bicyclic) bond motifs is 1. The molecule has 3 heterocycles. The fourth-order valence-electron chi connectivity index (χ4n) is 2.19. The van der Waals surface area contributed by atoms with Crippen molar-refractivity contribution in [1.29, 1.82) is 0 Å². The number of aryl methyl sites for hydroxylation is 1. The number of pyridine rings is 1. The minimum Gasteiger partial charge on any atom is -0.369 e. The lowest BCUT2D eigenvalue weighted by molar-refractivity contribution is 0.000692. The van der Waals surface area contributed by atoms with Gasteiger partial charge >= 0.3 is 0 Å². The molecule has 1 N–H and O–H groups in total. The first-order valence-electron chi connectivity index (χ1n) is 6.43. The maximum Gasteiger partial charge on any atom is 0.0909 e. The maximum absolute atomic E-state index is 5.81. The lowest BCUT2D eigenvalue weighted by atomic mass is 10.2. The Hall–Kier alpha value is -1.79. The first-order chi connectivity index (χ1) is 9.33. The zero-order valence-electron chi connectivity index (χ0n) is 10.9. The molecule has 3 rings (SSSR count). The summed E-state index contributed by atoms with van der Waals surface area (Å²) in [5, 5.41) is 11.6. The van der Waals surface area contributed by atoms with E-state index in [0.29, 0.717) is 6.61 Å². The van der Waals surface area contributed by atoms with Gasteiger partial charge in [0.2, 0.25) is 0 Å². The van der Waals surface area contributed by atoms with Gasteiger partial charge < -0.3 is 10.1 Å². The molecule has 0 aliphatic carbocycles. The van der Waals surface area contributed by atoms with E-state index in [4.69, 9.17) is 4.74 Å². The second-order valence-corrected chi connectivity index (χ2v) is 4.72. The van der Waals surface area contributed by atoms with Crippen molar-refractivity contribution in [2.24, 2.45) is 0 Å². The molecule has 1 aliphatic rings. The van der Waals surface area contributed by atoms with Crippen molar-refractivity contribution < 1.29 is 4.74 Å². The number of hydrogen-bond donors (Lipinski definition) is 1. The van der Waals surface area contributed by atoms with E-state index in [-0.39, 0.29) is 6.10 Å². The first-order valence-corrected chi connectivity index (χ1v) is 6.43. The first kappa shape index (κ1) is 12.3. The molecule has 0 saturated carbocycles. The third-order valence-corrected chi connectivity index (χ3v) is 3.31. The summed E-state index contributed by atoms with van der Waals surface area (Å²) >= 11 is 0. The van der Waals surface area contributed by atoms with Crippen LogP contribution in [0.3, 0.4) is 0 Å². The molecular weight excluding hydrogens is 242 g/mol. The van der Waals surface area contributed by atoms with E-state index in [0.717, 1.165) is 31.0 Å². The Morgan fingerprint density at radius 3 is 3.11 bits per heavy atom. The summed E-state index contributed by atoms with van der Waals surface area (Å²) in [7, 11) is 0. The fraction of sp³-hybridized carbons (Fsp3) is 0.462. The highest BCUT2D eigenvalue weighted by atomic mass is 16.5. The number of hydrogen-bond acceptors (Lipinski definition) is 5. The molecule has 100 valence electrons. The van der Waals surface area contributed by atoms with Gasteiger partial charge in [-0.25, -0.2) is 4.68 Å². The lowest BCUT2D eigenvalue weighted by Gasteiger charge is -2.24. The van der Waals surface area contributed by atoms with Crippen LogP contribution in [0.25, 0.3) is 0 Å². The van der Waals surface area contributed by atoms with Crippen LogP contribution in [-0.4, -0.2) is 32.6 Å². The Balaban J connectivity index is 1.50. The van der Waals surface area contributed by atoms with Gasteiger partial charge in [-0.05, 0) is 24.6 Å². The molecule has 0 saturated heterocycles. The van der Waals surface area contributed by atoms with Crippen molar-refractivity contribution in [3.05, 3.63) is 41.5 Å². The van der Waals surface area contributed by atoms with E-state index < -0.39 is 0 Å². The molecule has 6 nitrogen and oxygen atoms in total. The molecule has 0 unspecified atom stereocenters. The Morgan fingerprint density at radius 2 is 2.26 bits per heavy atom. The van der Waals surface area contributed by atoms with Crippen LogP contribution in [0.2, 0.25) is 0 Å². The third kappa shape index (κ3) is 2.80. The minimum atomic E-state index is 0.149. The van der Waals surface area contributed by atoms with Gasteiger partial charge in [-0.1, -0.05) is 5.21 Å². The van der Waals surface area contributed by atoms with Crippen molar-refractivity contribution >= 4 is 0 Å². The van der Waals surface area contributed by atoms with Crippen LogP contribution < -0.4 is 5.32 Å². The predicted molar refractivity (Wildman–Crippen MR) is 69.3 cm³/mol. The monoisotopic (exact) mass is 259 g/mol. The summed E-state index contributed by atoms with van der Waals surface area (Å²) < 4.78 is 7.75. The number of ether oxygens (including phenoxy) is 1. The Kier molecular flexibility index (Phi) is 3.52. The zero-order valence-corrected chi connectivity index (χ0v) is 10.9. The van der Waals surface area contributed by atoms with Crippen molar-refractivity contribution in [1.82, 2.24) is 25.3 Å². The van der Waals surface area contributed by atoms with Crippen LogP contribution in [0, 0.1) is 6.92 Å². The van der Waals surface area contributed by atoms with Crippen molar-refractivity contribution in [2.45, 2.75) is 32.7 Å². The molecule has 0 aromatic carbocycles. The van der Waals surface area contributed by atoms with Gasteiger partial charge in [-0.3, -0.25) is 4.98 Å². The zero-order chi connectivity index (χ0) is 13.1. The van der Waals surface area contributed by atoms with E-state index in [1.807, 2.05) is 23.7 Å². The summed E-state index contributed by atoms with van der Waals surface area (Å²) in [5.74, 6) is 0. The summed E-state index contributed by atoms with van der Waals surface area (Å²) in [6, 6.07) is 4.02. The Labute approximate surface area is 111 Å². The molecule has 0 radical (unpaired) electrons. The summed E-state index contributed by atoms with van der Waals surface area (Å²) in [6.45, 7) is 4.95. The second kappa shape index (κ2) is 5.46. The van der Waals surface area contributed by atoms with Gasteiger partial charge in [-0.15, -0.1) is 5.10 Å². The number of aromatic nitrogens is 4. The lowest BCUT2D eigenvalue weighted by Crippen LogP contribution is -2.36. The topological polar surface area (TPSA) is 64.9 Å². The van der Waals surface area contributed by atoms with Crippen LogP contribution in [-0.2, 0) is 24.4 Å². The van der Waals surface area contributed by atoms with Crippen LogP contribution >= 0.6 is 0 Å². The second-order valence-electron chi connectivity index (χ2n) is 4.72. The van der Waals surface area contributed by atoms with Crippen LogP contribution in [0.5, 0.6) is 0 Å². The van der Waals surface area contributed by atoms with Crippen molar-refractivity contribution in [3.63, 3.8) is 0 Å². The highest BCUT2D eigenvalue weighted by Crippen LogP contribution is 2.14. The summed E-state index contributed by atoms with van der Waals surface area (Å²) in [5.41, 5.74) is 3.27. The van der Waals surface area contributed by atoms with Gasteiger partial charge in [0, 0.05) is 25.5 Å². The van der Waals surface area contributed by atoms with Gasteiger partial charge in [0.15, 0.2) is 0 Å². The van der Waals surface area contributed by atoms with E-state index in [2.05, 4.69) is 20.6 Å². The number of nitrogens with zero attached hydrogens (tertiary/aromatic N) is 4. The van der Waals surface area contributed by atoms with Crippen LogP contribution in [0.15, 0.2) is 24.5 Å². The van der Waals surface area contributed by atoms with E-state index in [9.17, 15) is 0 Å². The van der Waals surface area contributed by atoms with Gasteiger partial charge in [0.25, 0.3) is 0 Å². The van der Waals surface area contributed by atoms with Crippen LogP contribution in [0.4, 0.5) is 0 Å². The largest absolute Gasteiger partial charge is 0.369 e. The van der Waals surface area contributed by atoms with Gasteiger partial charge in [0.05, 0.1) is 30.6 Å². The SMILES string of the molecule is Cc1nnn2c1CO[C@@H](CNCc1ccncc1)C2. The summed E-state index contributed by atoms with van der Waals surface area (Å²) in [4.78, 5) is 4.00. The standard InChI is InChI=1S/C13H17N5O/c1-10-13-9-19-12(8-18(13)17-16-10)7-15-6-11-2-4-14-5-3-11/h2-5,12,15H,6-9H2,1H3/t12-/m0/s1. The third-order valence-electron chi connectivity index (χ3n) is 3.31. The van der Waals surface area contributed by atoms with Crippen LogP contribution in [0.1, 0.15) is 17.0 Å². The molecule has 2 aromatic heterocycles. The van der Waals surface area contributed by atoms with Gasteiger partial charge in [-0.2, -0.15) is 0 Å². The average molecular weight is 259 g/mol. The van der Waals surface area contributed by atoms with Crippen molar-refractivity contribution in [3.8, 4) is 0 Å². The molecule has 2 aromatic rings. The number of rotatable bonds is 4. The molecule has 0 bridgehead atoms. The van der Waals surface area contributed by atoms with Gasteiger partial charge in [0.1, 0.15) is 0 Å². The Bertz CT molecular complexity index is 539. The molecule has 0 fully saturated rings. The normalized spacial score (nSPS) is 18.3. The average Bonchev–Trinajstić information content (AvgIpc) is 2.81. The Morgan fingerprint density at radius 1 is 1.42 bits per heavy atom. The molecule has 0 amide bonds. The number of nitrogens with one attached hydrogen (secondary N) is 1. The molecule has 19 heavy (non-hydrogen) atoms. The van der Waals surface area contributed by atoms with E-state index >= 15 is 0 Å². The fourth-order valence-corrected chi connectivity index (χ4v) is 2.19. The molecule has 0 spiro atoms. The van der Waals surface area contributed by atoms with E-state index in [1.54, 1.807) is 12.4 Å². The minimum absolute atomic E-state index is 0.149. The maximum atomic E-state index is 5.81. The molecule has 6 heteroatoms. The highest BCUT2D eigenvalue weighted by Gasteiger charge is 2.21. The predicted octanol–water partition coefficient (Wildman–Crippen LogP) is 0.670. The quantitative estimate of drug-likeness (QED) is 0.874. The van der Waals surface area contributed by atoms with E-state index in [1.165, 1.54) is 5.56 Å². The molecule has 1 atom stereocenters. The van der Waals surface area contributed by atoms with Crippen molar-refractivity contribution in [2.75, 3.05) is 6.54 Å². The highest BCUT2D eigenvalue weighted by molar-refractivity contribution is 5.09. The molecule has 1 aliphatic heterocycles. The summed E-state index contributed by atoms with van der Waals surface area (Å²) in [6.07, 6.45) is 3.76. The molecular formula is C13H17N5O. The smallest absolute Gasteiger partial charge is 0.0909 e.